The monoisotopic (exact) mass is 448 g/mol. The van der Waals surface area contributed by atoms with Crippen LogP contribution in [-0.4, -0.2) is 40.7 Å². The molecular formula is C20H21BrN2O5. The zero-order chi connectivity index (χ0) is 20.1. The number of hydrogen-bond donors (Lipinski definition) is 1. The van der Waals surface area contributed by atoms with E-state index in [1.165, 1.54) is 17.0 Å². The topological polar surface area (TPSA) is 92.9 Å². The molecule has 0 spiro atoms. The highest BCUT2D eigenvalue weighted by molar-refractivity contribution is 9.10. The smallest absolute Gasteiger partial charge is 0.407 e. The van der Waals surface area contributed by atoms with Gasteiger partial charge in [-0.15, -0.1) is 0 Å². The number of nitrogens with zero attached hydrogens (tertiary/aromatic N) is 2. The summed E-state index contributed by atoms with van der Waals surface area (Å²) in [6, 6.07) is 14.7. The third kappa shape index (κ3) is 4.69. The second-order valence-corrected chi connectivity index (χ2v) is 7.90. The molecule has 0 radical (unpaired) electrons. The average Bonchev–Trinajstić information content (AvgIpc) is 2.68. The Balaban J connectivity index is 1.73. The fourth-order valence-corrected chi connectivity index (χ4v) is 4.15. The molecule has 1 fully saturated rings. The van der Waals surface area contributed by atoms with Crippen molar-refractivity contribution >= 4 is 27.7 Å². The summed E-state index contributed by atoms with van der Waals surface area (Å²) in [5.41, 5.74) is 1.58. The summed E-state index contributed by atoms with van der Waals surface area (Å²) in [4.78, 5) is 23.3. The Labute approximate surface area is 171 Å². The number of non-ortho nitro benzene ring substituents is 1. The van der Waals surface area contributed by atoms with E-state index in [1.807, 2.05) is 30.3 Å². The van der Waals surface area contributed by atoms with E-state index >= 15 is 0 Å². The van der Waals surface area contributed by atoms with Gasteiger partial charge in [-0.1, -0.05) is 46.3 Å². The standard InChI is InChI=1S/C20H21BrN2O5/c21-17-10-15(11-18(12-17)23(26)27)13-28-14-20(16-4-2-1-3-5-16)6-8-22(9-7-20)19(24)25/h1-5,10-12H,6-9,13-14H2,(H,24,25). The lowest BCUT2D eigenvalue weighted by Gasteiger charge is -2.41. The molecule has 0 aliphatic carbocycles. The SMILES string of the molecule is O=C(O)N1CCC(COCc2cc(Br)cc([N+](=O)[O-])c2)(c2ccccc2)CC1. The lowest BCUT2D eigenvalue weighted by Crippen LogP contribution is -2.46. The minimum absolute atomic E-state index is 0.0144. The summed E-state index contributed by atoms with van der Waals surface area (Å²) in [6.45, 7) is 1.58. The predicted octanol–water partition coefficient (Wildman–Crippen LogP) is 4.59. The van der Waals surface area contributed by atoms with Gasteiger partial charge in [-0.05, 0) is 30.0 Å². The summed E-state index contributed by atoms with van der Waals surface area (Å²) < 4.78 is 6.63. The van der Waals surface area contributed by atoms with Crippen molar-refractivity contribution in [3.05, 3.63) is 74.2 Å². The Morgan fingerprint density at radius 3 is 2.50 bits per heavy atom. The first-order valence-electron chi connectivity index (χ1n) is 8.95. The van der Waals surface area contributed by atoms with Crippen LogP contribution < -0.4 is 0 Å². The molecule has 3 rings (SSSR count). The molecule has 0 unspecified atom stereocenters. The van der Waals surface area contributed by atoms with Crippen molar-refractivity contribution in [1.29, 1.82) is 0 Å². The normalized spacial score (nSPS) is 16.0. The largest absolute Gasteiger partial charge is 0.465 e. The van der Waals surface area contributed by atoms with Gasteiger partial charge in [0.05, 0.1) is 18.1 Å². The number of hydrogen-bond acceptors (Lipinski definition) is 4. The molecule has 2 aromatic carbocycles. The number of benzene rings is 2. The van der Waals surface area contributed by atoms with Crippen molar-refractivity contribution in [2.24, 2.45) is 0 Å². The number of nitro groups is 1. The minimum atomic E-state index is -0.899. The van der Waals surface area contributed by atoms with Crippen LogP contribution in [0.1, 0.15) is 24.0 Å². The molecule has 0 bridgehead atoms. The van der Waals surface area contributed by atoms with Gasteiger partial charge >= 0.3 is 6.09 Å². The first kappa shape index (κ1) is 20.3. The van der Waals surface area contributed by atoms with Crippen LogP contribution in [0.2, 0.25) is 0 Å². The Morgan fingerprint density at radius 2 is 1.89 bits per heavy atom. The predicted molar refractivity (Wildman–Crippen MR) is 107 cm³/mol. The number of carboxylic acid groups (broad SMARTS) is 1. The summed E-state index contributed by atoms with van der Waals surface area (Å²) in [6.07, 6.45) is 0.438. The van der Waals surface area contributed by atoms with Gasteiger partial charge in [0, 0.05) is 35.1 Å². The van der Waals surface area contributed by atoms with Crippen molar-refractivity contribution in [2.45, 2.75) is 24.9 Å². The molecule has 0 aromatic heterocycles. The second kappa shape index (κ2) is 8.70. The Hall–Kier alpha value is -2.45. The van der Waals surface area contributed by atoms with E-state index < -0.39 is 11.0 Å². The first-order chi connectivity index (χ1) is 13.4. The van der Waals surface area contributed by atoms with Crippen LogP contribution in [-0.2, 0) is 16.8 Å². The second-order valence-electron chi connectivity index (χ2n) is 6.98. The van der Waals surface area contributed by atoms with E-state index in [0.717, 1.165) is 5.56 Å². The molecule has 1 amide bonds. The number of nitro benzene ring substituents is 1. The van der Waals surface area contributed by atoms with Crippen molar-refractivity contribution in [2.75, 3.05) is 19.7 Å². The third-order valence-electron chi connectivity index (χ3n) is 5.18. The van der Waals surface area contributed by atoms with Crippen LogP contribution in [0.25, 0.3) is 0 Å². The van der Waals surface area contributed by atoms with Crippen molar-refractivity contribution < 1.29 is 19.6 Å². The number of likely N-dealkylation sites (tertiary alicyclic amines) is 1. The van der Waals surface area contributed by atoms with Gasteiger partial charge in [0.1, 0.15) is 0 Å². The van der Waals surface area contributed by atoms with Gasteiger partial charge in [0.2, 0.25) is 0 Å². The molecule has 2 aromatic rings. The Morgan fingerprint density at radius 1 is 1.21 bits per heavy atom. The van der Waals surface area contributed by atoms with Crippen LogP contribution in [0.5, 0.6) is 0 Å². The lowest BCUT2D eigenvalue weighted by atomic mass is 9.73. The van der Waals surface area contributed by atoms with Gasteiger partial charge in [-0.2, -0.15) is 0 Å². The molecule has 28 heavy (non-hydrogen) atoms. The highest BCUT2D eigenvalue weighted by Gasteiger charge is 2.37. The molecule has 0 atom stereocenters. The van der Waals surface area contributed by atoms with Crippen LogP contribution in [0.3, 0.4) is 0 Å². The Kier molecular flexibility index (Phi) is 6.31. The number of carbonyl (C=O) groups is 1. The number of ether oxygens (including phenoxy) is 1. The molecule has 8 heteroatoms. The molecule has 1 aliphatic rings. The lowest BCUT2D eigenvalue weighted by molar-refractivity contribution is -0.385. The summed E-state index contributed by atoms with van der Waals surface area (Å²) in [5, 5.41) is 20.3. The zero-order valence-corrected chi connectivity index (χ0v) is 16.8. The van der Waals surface area contributed by atoms with E-state index in [0.29, 0.717) is 42.6 Å². The van der Waals surface area contributed by atoms with Crippen LogP contribution in [0, 0.1) is 10.1 Å². The molecule has 1 aliphatic heterocycles. The number of amides is 1. The highest BCUT2D eigenvalue weighted by Crippen LogP contribution is 2.36. The summed E-state index contributed by atoms with van der Waals surface area (Å²) in [7, 11) is 0. The molecule has 148 valence electrons. The molecule has 1 heterocycles. The molecule has 1 saturated heterocycles. The average molecular weight is 449 g/mol. The van der Waals surface area contributed by atoms with Crippen LogP contribution in [0.4, 0.5) is 10.5 Å². The van der Waals surface area contributed by atoms with E-state index in [-0.39, 0.29) is 17.7 Å². The van der Waals surface area contributed by atoms with Crippen LogP contribution in [0.15, 0.2) is 53.0 Å². The minimum Gasteiger partial charge on any atom is -0.465 e. The summed E-state index contributed by atoms with van der Waals surface area (Å²) >= 11 is 3.30. The van der Waals surface area contributed by atoms with Crippen molar-refractivity contribution in [3.8, 4) is 0 Å². The van der Waals surface area contributed by atoms with Crippen molar-refractivity contribution in [1.82, 2.24) is 4.90 Å². The number of rotatable bonds is 6. The summed E-state index contributed by atoms with van der Waals surface area (Å²) in [5.74, 6) is 0. The van der Waals surface area contributed by atoms with E-state index in [4.69, 9.17) is 4.74 Å². The number of halogens is 1. The fraction of sp³-hybridized carbons (Fsp3) is 0.350. The molecule has 7 nitrogen and oxygen atoms in total. The highest BCUT2D eigenvalue weighted by atomic mass is 79.9. The van der Waals surface area contributed by atoms with Gasteiger partial charge in [-0.25, -0.2) is 4.79 Å². The van der Waals surface area contributed by atoms with Crippen LogP contribution >= 0.6 is 15.9 Å². The first-order valence-corrected chi connectivity index (χ1v) is 9.74. The van der Waals surface area contributed by atoms with Gasteiger partial charge in [-0.3, -0.25) is 10.1 Å². The van der Waals surface area contributed by atoms with Gasteiger partial charge < -0.3 is 14.7 Å². The molecule has 1 N–H and O–H groups in total. The maximum Gasteiger partial charge on any atom is 0.407 e. The van der Waals surface area contributed by atoms with E-state index in [9.17, 15) is 20.0 Å². The van der Waals surface area contributed by atoms with Gasteiger partial charge in [0.25, 0.3) is 5.69 Å². The Bertz CT molecular complexity index is 851. The van der Waals surface area contributed by atoms with Gasteiger partial charge in [0.15, 0.2) is 0 Å². The van der Waals surface area contributed by atoms with E-state index in [2.05, 4.69) is 15.9 Å². The maximum atomic E-state index is 11.3. The van der Waals surface area contributed by atoms with Crippen molar-refractivity contribution in [3.63, 3.8) is 0 Å². The van der Waals surface area contributed by atoms with E-state index in [1.54, 1.807) is 6.07 Å². The molecular weight excluding hydrogens is 428 g/mol. The quantitative estimate of drug-likeness (QED) is 0.515. The third-order valence-corrected chi connectivity index (χ3v) is 5.64. The zero-order valence-electron chi connectivity index (χ0n) is 15.2. The number of piperidine rings is 1. The fourth-order valence-electron chi connectivity index (χ4n) is 3.62. The molecule has 0 saturated carbocycles. The maximum absolute atomic E-state index is 11.3.